The monoisotopic (exact) mass is 671 g/mol. The van der Waals surface area contributed by atoms with E-state index in [1.807, 2.05) is 0 Å². The van der Waals surface area contributed by atoms with Crippen molar-refractivity contribution in [1.29, 1.82) is 0 Å². The Hall–Kier alpha value is -3.33. The minimum atomic E-state index is -0.999. The van der Waals surface area contributed by atoms with Gasteiger partial charge in [0, 0.05) is 23.0 Å². The summed E-state index contributed by atoms with van der Waals surface area (Å²) in [5.41, 5.74) is 12.3. The molecule has 4 rings (SSSR count). The maximum atomic E-state index is 13.4. The second-order valence-corrected chi connectivity index (χ2v) is 13.9. The highest BCUT2D eigenvalue weighted by atomic mass is 32.2. The number of hydrogen-bond donors (Lipinski definition) is 3. The van der Waals surface area contributed by atoms with Crippen molar-refractivity contribution >= 4 is 81.0 Å². The van der Waals surface area contributed by atoms with Gasteiger partial charge in [-0.1, -0.05) is 28.3 Å². The first-order valence-corrected chi connectivity index (χ1v) is 16.4. The fraction of sp³-hybridized carbons (Fsp3) is 0.522. The Morgan fingerprint density at radius 1 is 1.28 bits per heavy atom. The molecule has 5 N–H and O–H groups in total. The summed E-state index contributed by atoms with van der Waals surface area (Å²) in [7, 11) is 0. The number of carbonyl (C=O) groups excluding carboxylic acids is 4. The molecule has 1 unspecified atom stereocenters. The molecule has 2 aromatic rings. The highest BCUT2D eigenvalue weighted by Crippen LogP contribution is 2.42. The van der Waals surface area contributed by atoms with Crippen LogP contribution in [0, 0.1) is 5.41 Å². The minimum absolute atomic E-state index is 0.0241. The second kappa shape index (κ2) is 14.4. The van der Waals surface area contributed by atoms with Crippen molar-refractivity contribution in [3.05, 3.63) is 22.6 Å². The topological polar surface area (TPSA) is 227 Å². The van der Waals surface area contributed by atoms with Crippen LogP contribution in [0.2, 0.25) is 0 Å². The average molecular weight is 672 g/mol. The van der Waals surface area contributed by atoms with Gasteiger partial charge in [-0.15, -0.1) is 22.0 Å². The number of esters is 2. The average Bonchev–Trinajstić information content (AvgIpc) is 3.65. The molecule has 1 saturated heterocycles. The SMILES string of the molecule is CC(C)(C)C(=O)OCOC(=O)C1=C(CSc2nncs2)CS[C@@H]2C(NC(=O)C(=NOCCCN)c3nsc(N)n3)C(=O)N12. The van der Waals surface area contributed by atoms with E-state index in [2.05, 4.69) is 30.0 Å². The maximum absolute atomic E-state index is 13.4. The number of fused-ring (bicyclic) bond motifs is 1. The minimum Gasteiger partial charge on any atom is -0.427 e. The first-order chi connectivity index (χ1) is 20.5. The lowest BCUT2D eigenvalue weighted by atomic mass is 9.98. The van der Waals surface area contributed by atoms with E-state index in [9.17, 15) is 19.2 Å². The predicted molar refractivity (Wildman–Crippen MR) is 160 cm³/mol. The number of anilines is 1. The summed E-state index contributed by atoms with van der Waals surface area (Å²) in [6.45, 7) is 4.90. The van der Waals surface area contributed by atoms with Crippen LogP contribution in [-0.2, 0) is 33.5 Å². The van der Waals surface area contributed by atoms with Crippen molar-refractivity contribution in [2.75, 3.05) is 37.2 Å². The maximum Gasteiger partial charge on any atom is 0.357 e. The van der Waals surface area contributed by atoms with Crippen molar-refractivity contribution in [3.63, 3.8) is 0 Å². The van der Waals surface area contributed by atoms with Gasteiger partial charge in [0.15, 0.2) is 9.47 Å². The van der Waals surface area contributed by atoms with Crippen molar-refractivity contribution in [1.82, 2.24) is 29.8 Å². The van der Waals surface area contributed by atoms with Crippen LogP contribution in [-0.4, -0.2) is 96.8 Å². The Kier molecular flexibility index (Phi) is 10.9. The van der Waals surface area contributed by atoms with Gasteiger partial charge in [-0.25, -0.2) is 4.79 Å². The van der Waals surface area contributed by atoms with E-state index >= 15 is 0 Å². The van der Waals surface area contributed by atoms with Crippen LogP contribution in [0.25, 0.3) is 0 Å². The summed E-state index contributed by atoms with van der Waals surface area (Å²) in [5, 5.41) is 13.8. The summed E-state index contributed by atoms with van der Waals surface area (Å²) in [4.78, 5) is 62.5. The van der Waals surface area contributed by atoms with Crippen LogP contribution in [0.15, 0.2) is 26.3 Å². The number of β-lactam (4-membered cyclic amide) rings is 1. The molecule has 0 bridgehead atoms. The molecule has 2 aliphatic rings. The van der Waals surface area contributed by atoms with Crippen LogP contribution < -0.4 is 16.8 Å². The van der Waals surface area contributed by atoms with E-state index < -0.39 is 47.4 Å². The summed E-state index contributed by atoms with van der Waals surface area (Å²) >= 11 is 4.92. The van der Waals surface area contributed by atoms with E-state index in [4.69, 9.17) is 25.8 Å². The standard InChI is InChI=1S/C23H29N9O7S4/c1-23(2,3)20(36)38-10-37-19(35)14-11(8-41-22-29-26-9-42-22)7-40-18-13(17(34)32(14)18)27-16(33)12(30-39-6-4-5-24)15-28-21(25)43-31-15/h9,13,18H,4-8,10,24H2,1-3H3,(H,27,33)(H2,25,28,31)/t13?,18-/m1/s1. The molecule has 16 nitrogen and oxygen atoms in total. The van der Waals surface area contributed by atoms with Gasteiger partial charge in [-0.2, -0.15) is 9.36 Å². The van der Waals surface area contributed by atoms with E-state index in [0.717, 1.165) is 11.5 Å². The highest BCUT2D eigenvalue weighted by Gasteiger charge is 2.54. The Bertz CT molecular complexity index is 1410. The molecule has 0 aliphatic carbocycles. The van der Waals surface area contributed by atoms with Crippen molar-refractivity contribution in [3.8, 4) is 0 Å². The smallest absolute Gasteiger partial charge is 0.357 e. The number of thioether (sulfide) groups is 2. The molecule has 43 heavy (non-hydrogen) atoms. The Labute approximate surface area is 262 Å². The van der Waals surface area contributed by atoms with Gasteiger partial charge in [0.2, 0.25) is 18.3 Å². The normalized spacial score (nSPS) is 18.6. The molecule has 4 heterocycles. The van der Waals surface area contributed by atoms with Crippen LogP contribution in [0.5, 0.6) is 0 Å². The zero-order chi connectivity index (χ0) is 31.1. The van der Waals surface area contributed by atoms with Gasteiger partial charge in [-0.3, -0.25) is 19.3 Å². The molecule has 2 aromatic heterocycles. The number of nitrogens with one attached hydrogen (secondary N) is 1. The van der Waals surface area contributed by atoms with Crippen molar-refractivity contribution in [2.24, 2.45) is 16.3 Å². The number of ether oxygens (including phenoxy) is 2. The summed E-state index contributed by atoms with van der Waals surface area (Å²) in [6, 6.07) is -0.999. The van der Waals surface area contributed by atoms with Crippen molar-refractivity contribution in [2.45, 2.75) is 42.9 Å². The number of oxime groups is 1. The lowest BCUT2D eigenvalue weighted by Gasteiger charge is -2.49. The number of amides is 2. The molecule has 20 heteroatoms. The lowest BCUT2D eigenvalue weighted by Crippen LogP contribution is -2.71. The molecule has 2 amide bonds. The van der Waals surface area contributed by atoms with Crippen LogP contribution >= 0.6 is 46.4 Å². The number of rotatable bonds is 13. The summed E-state index contributed by atoms with van der Waals surface area (Å²) in [5.74, 6) is -2.07. The molecule has 0 saturated carbocycles. The second-order valence-electron chi connectivity index (χ2n) is 9.91. The summed E-state index contributed by atoms with van der Waals surface area (Å²) in [6.07, 6.45) is 0.500. The van der Waals surface area contributed by atoms with Gasteiger partial charge in [0.1, 0.15) is 29.2 Å². The highest BCUT2D eigenvalue weighted by molar-refractivity contribution is 8.01. The number of hydrogen-bond acceptors (Lipinski definition) is 18. The van der Waals surface area contributed by atoms with Gasteiger partial charge in [0.25, 0.3) is 11.8 Å². The number of aromatic nitrogens is 4. The van der Waals surface area contributed by atoms with E-state index in [1.54, 1.807) is 26.3 Å². The fourth-order valence-electron chi connectivity index (χ4n) is 3.56. The van der Waals surface area contributed by atoms with Gasteiger partial charge in [-0.05, 0) is 39.3 Å². The molecule has 2 atom stereocenters. The summed E-state index contributed by atoms with van der Waals surface area (Å²) < 4.78 is 15.0. The third kappa shape index (κ3) is 7.99. The molecule has 0 spiro atoms. The Morgan fingerprint density at radius 2 is 2.07 bits per heavy atom. The number of carbonyl (C=O) groups is 4. The predicted octanol–water partition coefficient (Wildman–Crippen LogP) is 0.578. The molecule has 1 fully saturated rings. The van der Waals surface area contributed by atoms with E-state index in [1.165, 1.54) is 39.8 Å². The zero-order valence-corrected chi connectivity index (χ0v) is 26.6. The van der Waals surface area contributed by atoms with Crippen LogP contribution in [0.4, 0.5) is 5.13 Å². The molecular weight excluding hydrogens is 643 g/mol. The first-order valence-electron chi connectivity index (χ1n) is 12.7. The fourth-order valence-corrected chi connectivity index (χ4v) is 6.97. The Morgan fingerprint density at radius 3 is 2.72 bits per heavy atom. The van der Waals surface area contributed by atoms with Crippen LogP contribution in [0.3, 0.4) is 0 Å². The third-order valence-corrected chi connectivity index (χ3v) is 9.52. The largest absolute Gasteiger partial charge is 0.427 e. The zero-order valence-electron chi connectivity index (χ0n) is 23.3. The lowest BCUT2D eigenvalue weighted by molar-refractivity contribution is -0.173. The van der Waals surface area contributed by atoms with Crippen molar-refractivity contribution < 1.29 is 33.5 Å². The van der Waals surface area contributed by atoms with Gasteiger partial charge < -0.3 is 31.1 Å². The quantitative estimate of drug-likeness (QED) is 0.0503. The molecule has 2 aliphatic heterocycles. The van der Waals surface area contributed by atoms with E-state index in [-0.39, 0.29) is 29.0 Å². The Balaban J connectivity index is 1.50. The van der Waals surface area contributed by atoms with Gasteiger partial charge in [0.05, 0.1) is 5.41 Å². The number of nitrogens with zero attached hydrogens (tertiary/aromatic N) is 6. The van der Waals surface area contributed by atoms with Crippen LogP contribution in [0.1, 0.15) is 33.0 Å². The first kappa shape index (κ1) is 32.6. The molecule has 0 radical (unpaired) electrons. The molecule has 232 valence electrons. The third-order valence-electron chi connectivity index (χ3n) is 5.69. The molecular formula is C23H29N9O7S4. The number of nitrogens with two attached hydrogens (primary N) is 2. The molecule has 0 aromatic carbocycles. The van der Waals surface area contributed by atoms with Gasteiger partial charge >= 0.3 is 11.9 Å². The van der Waals surface area contributed by atoms with E-state index in [0.29, 0.717) is 34.4 Å². The number of nitrogen functional groups attached to an aromatic ring is 1.